The summed E-state index contributed by atoms with van der Waals surface area (Å²) in [6.45, 7) is 5.42. The van der Waals surface area contributed by atoms with Crippen LogP contribution in [0.25, 0.3) is 0 Å². The van der Waals surface area contributed by atoms with Crippen LogP contribution in [0.15, 0.2) is 34.3 Å². The Labute approximate surface area is 107 Å². The van der Waals surface area contributed by atoms with Crippen molar-refractivity contribution in [2.45, 2.75) is 25.9 Å². The molecule has 2 aliphatic heterocycles. The summed E-state index contributed by atoms with van der Waals surface area (Å²) in [5, 5.41) is 0. The number of aliphatic imine (C=N–C) groups is 2. The van der Waals surface area contributed by atoms with Gasteiger partial charge in [-0.3, -0.25) is 4.99 Å². The van der Waals surface area contributed by atoms with Crippen LogP contribution in [0.4, 0.5) is 5.69 Å². The normalized spacial score (nSPS) is 25.1. The van der Waals surface area contributed by atoms with Crippen molar-refractivity contribution in [3.8, 4) is 0 Å². The van der Waals surface area contributed by atoms with Crippen LogP contribution in [0.1, 0.15) is 25.5 Å². The van der Waals surface area contributed by atoms with Gasteiger partial charge in [0, 0.05) is 12.1 Å². The van der Waals surface area contributed by atoms with E-state index in [9.17, 15) is 0 Å². The number of nitrogens with two attached hydrogens (primary N) is 1. The lowest BCUT2D eigenvalue weighted by Crippen LogP contribution is -2.39. The number of nitrogens with zero attached hydrogens (tertiary/aromatic N) is 3. The summed E-state index contributed by atoms with van der Waals surface area (Å²) in [6, 6.07) is 8.41. The van der Waals surface area contributed by atoms with Crippen LogP contribution >= 0.6 is 0 Å². The lowest BCUT2D eigenvalue weighted by Gasteiger charge is -2.32. The van der Waals surface area contributed by atoms with Crippen LogP contribution in [0.5, 0.6) is 0 Å². The monoisotopic (exact) mass is 242 g/mol. The van der Waals surface area contributed by atoms with Gasteiger partial charge in [0.05, 0.1) is 18.1 Å². The molecule has 1 aromatic rings. The first-order valence-electron chi connectivity index (χ1n) is 6.39. The zero-order chi connectivity index (χ0) is 12.7. The fraction of sp³-hybridized carbons (Fsp3) is 0.429. The molecule has 4 heteroatoms. The van der Waals surface area contributed by atoms with E-state index in [0.717, 1.165) is 12.2 Å². The standard InChI is InChI=1S/C14H18N4/c1-9(2)7-18-8-16-12-13(18)10-5-3-4-6-11(10)17-14(12)15/h3-6,8-9,12-13H,7H2,1-2H3,(H2,15,17). The smallest absolute Gasteiger partial charge is 0.133 e. The predicted octanol–water partition coefficient (Wildman–Crippen LogP) is 2.10. The van der Waals surface area contributed by atoms with E-state index in [1.54, 1.807) is 0 Å². The van der Waals surface area contributed by atoms with Crippen molar-refractivity contribution in [3.05, 3.63) is 29.8 Å². The van der Waals surface area contributed by atoms with Gasteiger partial charge in [0.2, 0.25) is 0 Å². The SMILES string of the molecule is CC(C)CN1C=NC2C(N)=Nc3ccccc3C21. The molecule has 0 radical (unpaired) electrons. The second-order valence-corrected chi connectivity index (χ2v) is 5.34. The highest BCUT2D eigenvalue weighted by atomic mass is 15.3. The van der Waals surface area contributed by atoms with Gasteiger partial charge in [-0.1, -0.05) is 32.0 Å². The maximum Gasteiger partial charge on any atom is 0.133 e. The molecule has 94 valence electrons. The summed E-state index contributed by atoms with van der Waals surface area (Å²) in [6.07, 6.45) is 1.93. The number of rotatable bonds is 2. The Morgan fingerprint density at radius 2 is 2.11 bits per heavy atom. The van der Waals surface area contributed by atoms with Crippen molar-refractivity contribution < 1.29 is 0 Å². The Kier molecular flexibility index (Phi) is 2.58. The molecule has 2 atom stereocenters. The molecule has 0 fully saturated rings. The molecular formula is C14H18N4. The van der Waals surface area contributed by atoms with Gasteiger partial charge in [0.1, 0.15) is 11.9 Å². The topological polar surface area (TPSA) is 54.0 Å². The minimum absolute atomic E-state index is 0.0151. The average molecular weight is 242 g/mol. The average Bonchev–Trinajstić information content (AvgIpc) is 2.73. The summed E-state index contributed by atoms with van der Waals surface area (Å²) < 4.78 is 0. The van der Waals surface area contributed by atoms with Gasteiger partial charge in [-0.15, -0.1) is 0 Å². The van der Waals surface area contributed by atoms with Crippen molar-refractivity contribution in [3.63, 3.8) is 0 Å². The van der Waals surface area contributed by atoms with E-state index >= 15 is 0 Å². The summed E-state index contributed by atoms with van der Waals surface area (Å²) in [4.78, 5) is 11.3. The summed E-state index contributed by atoms with van der Waals surface area (Å²) in [5.41, 5.74) is 8.25. The lowest BCUT2D eigenvalue weighted by atomic mass is 9.94. The molecule has 0 bridgehead atoms. The van der Waals surface area contributed by atoms with Crippen molar-refractivity contribution in [1.82, 2.24) is 4.90 Å². The fourth-order valence-electron chi connectivity index (χ4n) is 2.71. The fourth-order valence-corrected chi connectivity index (χ4v) is 2.71. The Balaban J connectivity index is 2.01. The molecular weight excluding hydrogens is 224 g/mol. The first-order valence-corrected chi connectivity index (χ1v) is 6.39. The molecule has 0 saturated carbocycles. The van der Waals surface area contributed by atoms with Crippen LogP contribution in [-0.2, 0) is 0 Å². The van der Waals surface area contributed by atoms with Crippen LogP contribution in [-0.4, -0.2) is 29.7 Å². The van der Waals surface area contributed by atoms with Crippen molar-refractivity contribution in [1.29, 1.82) is 0 Å². The van der Waals surface area contributed by atoms with Crippen LogP contribution in [0, 0.1) is 5.92 Å². The number of hydrogen-bond acceptors (Lipinski definition) is 4. The number of hydrogen-bond donors (Lipinski definition) is 1. The molecule has 2 N–H and O–H groups in total. The second-order valence-electron chi connectivity index (χ2n) is 5.34. The molecule has 0 amide bonds. The number of amidine groups is 1. The first kappa shape index (κ1) is 11.3. The Morgan fingerprint density at radius 1 is 1.33 bits per heavy atom. The van der Waals surface area contributed by atoms with E-state index in [-0.39, 0.29) is 12.1 Å². The van der Waals surface area contributed by atoms with Gasteiger partial charge in [-0.25, -0.2) is 4.99 Å². The maximum absolute atomic E-state index is 6.04. The second kappa shape index (κ2) is 4.12. The number of para-hydroxylation sites is 1. The molecule has 2 unspecified atom stereocenters. The molecule has 18 heavy (non-hydrogen) atoms. The number of benzene rings is 1. The van der Waals surface area contributed by atoms with E-state index in [4.69, 9.17) is 5.73 Å². The van der Waals surface area contributed by atoms with Crippen molar-refractivity contribution >= 4 is 17.9 Å². The molecule has 4 nitrogen and oxygen atoms in total. The molecule has 0 saturated heterocycles. The highest BCUT2D eigenvalue weighted by molar-refractivity contribution is 5.94. The van der Waals surface area contributed by atoms with E-state index in [0.29, 0.717) is 11.8 Å². The molecule has 0 aliphatic carbocycles. The van der Waals surface area contributed by atoms with Crippen molar-refractivity contribution in [2.75, 3.05) is 6.54 Å². The minimum Gasteiger partial charge on any atom is -0.385 e. The van der Waals surface area contributed by atoms with Gasteiger partial charge < -0.3 is 10.6 Å². The van der Waals surface area contributed by atoms with E-state index < -0.39 is 0 Å². The molecule has 2 heterocycles. The Bertz CT molecular complexity index is 518. The Morgan fingerprint density at radius 3 is 2.89 bits per heavy atom. The Hall–Kier alpha value is -1.84. The third-order valence-electron chi connectivity index (χ3n) is 3.42. The van der Waals surface area contributed by atoms with Crippen LogP contribution in [0.3, 0.4) is 0 Å². The summed E-state index contributed by atoms with van der Waals surface area (Å²) in [7, 11) is 0. The summed E-state index contributed by atoms with van der Waals surface area (Å²) in [5.74, 6) is 1.23. The van der Waals surface area contributed by atoms with E-state index in [2.05, 4.69) is 40.9 Å². The lowest BCUT2D eigenvalue weighted by molar-refractivity contribution is 0.304. The highest BCUT2D eigenvalue weighted by Crippen LogP contribution is 2.39. The van der Waals surface area contributed by atoms with Crippen LogP contribution in [0.2, 0.25) is 0 Å². The first-order chi connectivity index (χ1) is 8.66. The number of fused-ring (bicyclic) bond motifs is 3. The molecule has 3 rings (SSSR count). The van der Waals surface area contributed by atoms with Gasteiger partial charge in [0.15, 0.2) is 0 Å². The van der Waals surface area contributed by atoms with E-state index in [1.165, 1.54) is 5.56 Å². The highest BCUT2D eigenvalue weighted by Gasteiger charge is 2.38. The third-order valence-corrected chi connectivity index (χ3v) is 3.42. The molecule has 0 aromatic heterocycles. The summed E-state index contributed by atoms with van der Waals surface area (Å²) >= 11 is 0. The zero-order valence-electron chi connectivity index (χ0n) is 10.7. The minimum atomic E-state index is -0.0151. The van der Waals surface area contributed by atoms with Gasteiger partial charge in [-0.05, 0) is 12.0 Å². The maximum atomic E-state index is 6.04. The predicted molar refractivity (Wildman–Crippen MR) is 74.3 cm³/mol. The quantitative estimate of drug-likeness (QED) is 0.863. The third kappa shape index (κ3) is 1.68. The van der Waals surface area contributed by atoms with Gasteiger partial charge in [-0.2, -0.15) is 0 Å². The molecule has 2 aliphatic rings. The van der Waals surface area contributed by atoms with Crippen LogP contribution < -0.4 is 5.73 Å². The van der Waals surface area contributed by atoms with Crippen molar-refractivity contribution in [2.24, 2.45) is 21.6 Å². The van der Waals surface area contributed by atoms with Gasteiger partial charge in [0.25, 0.3) is 0 Å². The largest absolute Gasteiger partial charge is 0.385 e. The van der Waals surface area contributed by atoms with E-state index in [1.807, 2.05) is 18.5 Å². The molecule has 0 spiro atoms. The van der Waals surface area contributed by atoms with Gasteiger partial charge >= 0.3 is 0 Å². The zero-order valence-corrected chi connectivity index (χ0v) is 10.7. The molecule has 1 aromatic carbocycles.